The van der Waals surface area contributed by atoms with Crippen LogP contribution in [0.1, 0.15) is 0 Å². The Labute approximate surface area is 125 Å². The summed E-state index contributed by atoms with van der Waals surface area (Å²) in [5.41, 5.74) is 0.157. The van der Waals surface area contributed by atoms with Crippen molar-refractivity contribution in [3.05, 3.63) is 44.5 Å². The predicted molar refractivity (Wildman–Crippen MR) is 77.7 cm³/mol. The zero-order chi connectivity index (χ0) is 13.1. The van der Waals surface area contributed by atoms with Gasteiger partial charge in [-0.1, -0.05) is 15.9 Å². The lowest BCUT2D eigenvalue weighted by molar-refractivity contribution is -0.116. The molecule has 0 atom stereocenters. The molecule has 1 N–H and O–H groups in total. The lowest BCUT2D eigenvalue weighted by Gasteiger charge is -2.06. The van der Waals surface area contributed by atoms with Crippen LogP contribution in [0.2, 0.25) is 0 Å². The minimum absolute atomic E-state index is 0.0541. The molecule has 0 radical (unpaired) electrons. The molecule has 94 valence electrons. The van der Waals surface area contributed by atoms with Crippen molar-refractivity contribution in [1.82, 2.24) is 9.78 Å². The number of anilines is 1. The van der Waals surface area contributed by atoms with Gasteiger partial charge in [-0.2, -0.15) is 5.10 Å². The highest BCUT2D eigenvalue weighted by atomic mass is 127. The molecule has 0 aliphatic rings. The highest BCUT2D eigenvalue weighted by molar-refractivity contribution is 14.1. The lowest BCUT2D eigenvalue weighted by atomic mass is 10.3. The zero-order valence-electron chi connectivity index (χ0n) is 9.03. The molecule has 0 unspecified atom stereocenters. The Balaban J connectivity index is 2.03. The monoisotopic (exact) mass is 423 g/mol. The van der Waals surface area contributed by atoms with Gasteiger partial charge in [0, 0.05) is 10.7 Å². The van der Waals surface area contributed by atoms with E-state index in [9.17, 15) is 9.18 Å². The zero-order valence-corrected chi connectivity index (χ0v) is 12.8. The number of nitrogens with zero attached hydrogens (tertiary/aromatic N) is 2. The Kier molecular flexibility index (Phi) is 4.33. The Morgan fingerprint density at radius 3 is 2.94 bits per heavy atom. The Bertz CT molecular complexity index is 587. The summed E-state index contributed by atoms with van der Waals surface area (Å²) in [6.07, 6.45) is 3.38. The average Bonchev–Trinajstić information content (AvgIpc) is 2.68. The quantitative estimate of drug-likeness (QED) is 0.771. The van der Waals surface area contributed by atoms with Gasteiger partial charge in [0.2, 0.25) is 5.91 Å². The number of amides is 1. The van der Waals surface area contributed by atoms with Gasteiger partial charge in [-0.05, 0) is 40.8 Å². The smallest absolute Gasteiger partial charge is 0.246 e. The summed E-state index contributed by atoms with van der Waals surface area (Å²) < 4.78 is 16.5. The molecule has 1 aromatic heterocycles. The molecule has 0 saturated heterocycles. The van der Waals surface area contributed by atoms with Gasteiger partial charge in [0.1, 0.15) is 12.4 Å². The fraction of sp³-hybridized carbons (Fsp3) is 0.0909. The number of carbonyl (C=O) groups is 1. The maximum atomic E-state index is 13.5. The van der Waals surface area contributed by atoms with Gasteiger partial charge < -0.3 is 5.32 Å². The van der Waals surface area contributed by atoms with Gasteiger partial charge in [-0.3, -0.25) is 9.48 Å². The first kappa shape index (κ1) is 13.5. The minimum atomic E-state index is -0.479. The van der Waals surface area contributed by atoms with E-state index in [0.29, 0.717) is 4.47 Å². The number of hydrogen-bond donors (Lipinski definition) is 1. The van der Waals surface area contributed by atoms with Crippen molar-refractivity contribution in [2.45, 2.75) is 6.54 Å². The molecule has 1 amide bonds. The summed E-state index contributed by atoms with van der Waals surface area (Å²) in [5.74, 6) is -0.802. The van der Waals surface area contributed by atoms with E-state index >= 15 is 0 Å². The number of carbonyl (C=O) groups excluding carboxylic acids is 1. The first-order chi connectivity index (χ1) is 8.54. The van der Waals surface area contributed by atoms with E-state index in [2.05, 4.69) is 48.9 Å². The fourth-order valence-corrected chi connectivity index (χ4v) is 2.13. The van der Waals surface area contributed by atoms with Crippen molar-refractivity contribution in [3.8, 4) is 0 Å². The first-order valence-electron chi connectivity index (χ1n) is 4.97. The summed E-state index contributed by atoms with van der Waals surface area (Å²) in [5, 5.41) is 6.48. The molecule has 4 nitrogen and oxygen atoms in total. The fourth-order valence-electron chi connectivity index (χ4n) is 1.35. The van der Waals surface area contributed by atoms with Crippen LogP contribution in [-0.2, 0) is 11.3 Å². The van der Waals surface area contributed by atoms with Gasteiger partial charge in [-0.25, -0.2) is 4.39 Å². The molecule has 2 aromatic rings. The van der Waals surface area contributed by atoms with Crippen LogP contribution < -0.4 is 5.32 Å². The lowest BCUT2D eigenvalue weighted by Crippen LogP contribution is -2.19. The van der Waals surface area contributed by atoms with Gasteiger partial charge in [0.15, 0.2) is 0 Å². The molecular formula is C11H8BrFIN3O. The molecule has 0 spiro atoms. The molecule has 18 heavy (non-hydrogen) atoms. The van der Waals surface area contributed by atoms with Crippen LogP contribution in [0.25, 0.3) is 0 Å². The van der Waals surface area contributed by atoms with Crippen LogP contribution in [-0.4, -0.2) is 15.7 Å². The van der Waals surface area contributed by atoms with Crippen molar-refractivity contribution >= 4 is 50.1 Å². The van der Waals surface area contributed by atoms with Crippen molar-refractivity contribution < 1.29 is 9.18 Å². The number of rotatable bonds is 3. The van der Waals surface area contributed by atoms with Crippen molar-refractivity contribution in [3.63, 3.8) is 0 Å². The van der Waals surface area contributed by atoms with Crippen molar-refractivity contribution in [1.29, 1.82) is 0 Å². The van der Waals surface area contributed by atoms with Crippen LogP contribution in [0.5, 0.6) is 0 Å². The van der Waals surface area contributed by atoms with Gasteiger partial charge in [-0.15, -0.1) is 0 Å². The van der Waals surface area contributed by atoms with E-state index in [1.54, 1.807) is 18.5 Å². The third kappa shape index (κ3) is 3.52. The average molecular weight is 424 g/mol. The Morgan fingerprint density at radius 1 is 1.56 bits per heavy atom. The Morgan fingerprint density at radius 2 is 2.33 bits per heavy atom. The number of nitrogens with one attached hydrogen (secondary N) is 1. The largest absolute Gasteiger partial charge is 0.322 e. The second-order valence-corrected chi connectivity index (χ2v) is 5.69. The maximum absolute atomic E-state index is 13.5. The summed E-state index contributed by atoms with van der Waals surface area (Å²) in [6, 6.07) is 4.46. The van der Waals surface area contributed by atoms with Gasteiger partial charge in [0.25, 0.3) is 0 Å². The van der Waals surface area contributed by atoms with E-state index in [-0.39, 0.29) is 18.1 Å². The third-order valence-corrected chi connectivity index (χ3v) is 3.16. The molecule has 1 aromatic carbocycles. The van der Waals surface area contributed by atoms with Gasteiger partial charge in [0.05, 0.1) is 15.5 Å². The highest BCUT2D eigenvalue weighted by Gasteiger charge is 2.08. The van der Waals surface area contributed by atoms with E-state index in [1.807, 2.05) is 0 Å². The van der Waals surface area contributed by atoms with Crippen molar-refractivity contribution in [2.24, 2.45) is 0 Å². The summed E-state index contributed by atoms with van der Waals surface area (Å²) in [7, 11) is 0. The van der Waals surface area contributed by atoms with Gasteiger partial charge >= 0.3 is 0 Å². The molecule has 2 rings (SSSR count). The van der Waals surface area contributed by atoms with Crippen LogP contribution in [0, 0.1) is 9.39 Å². The van der Waals surface area contributed by atoms with Crippen LogP contribution in [0.4, 0.5) is 10.1 Å². The van der Waals surface area contributed by atoms with Crippen LogP contribution >= 0.6 is 38.5 Å². The highest BCUT2D eigenvalue weighted by Crippen LogP contribution is 2.19. The normalized spacial score (nSPS) is 10.4. The molecule has 0 bridgehead atoms. The molecule has 0 aliphatic carbocycles. The second kappa shape index (κ2) is 5.79. The molecule has 0 saturated carbocycles. The number of halogens is 3. The molecule has 7 heteroatoms. The Hall–Kier alpha value is -0.960. The summed E-state index contributed by atoms with van der Waals surface area (Å²) >= 11 is 5.25. The van der Waals surface area contributed by atoms with E-state index in [1.165, 1.54) is 16.8 Å². The SMILES string of the molecule is O=C(Cn1cc(I)cn1)Nc1ccc(Br)cc1F. The molecule has 0 aliphatic heterocycles. The standard InChI is InChI=1S/C11H8BrFIN3O/c12-7-1-2-10(9(13)3-7)16-11(18)6-17-5-8(14)4-15-17/h1-5H,6H2,(H,16,18). The number of hydrogen-bond acceptors (Lipinski definition) is 2. The predicted octanol–water partition coefficient (Wildman–Crippen LogP) is 3.03. The second-order valence-electron chi connectivity index (χ2n) is 3.53. The third-order valence-electron chi connectivity index (χ3n) is 2.11. The topological polar surface area (TPSA) is 46.9 Å². The maximum Gasteiger partial charge on any atom is 0.246 e. The molecule has 1 heterocycles. The van der Waals surface area contributed by atoms with E-state index < -0.39 is 5.82 Å². The van der Waals surface area contributed by atoms with E-state index in [0.717, 1.165) is 3.57 Å². The minimum Gasteiger partial charge on any atom is -0.322 e. The van der Waals surface area contributed by atoms with Crippen LogP contribution in [0.3, 0.4) is 0 Å². The summed E-state index contributed by atoms with van der Waals surface area (Å²) in [6.45, 7) is 0.0541. The van der Waals surface area contributed by atoms with Crippen LogP contribution in [0.15, 0.2) is 35.1 Å². The van der Waals surface area contributed by atoms with E-state index in [4.69, 9.17) is 0 Å². The molecular weight excluding hydrogens is 416 g/mol. The number of aromatic nitrogens is 2. The number of benzene rings is 1. The first-order valence-corrected chi connectivity index (χ1v) is 6.84. The molecule has 0 fully saturated rings. The van der Waals surface area contributed by atoms with Crippen molar-refractivity contribution in [2.75, 3.05) is 5.32 Å². The summed E-state index contributed by atoms with van der Waals surface area (Å²) in [4.78, 5) is 11.7.